The molecule has 1 heterocycles. The van der Waals surface area contributed by atoms with Crippen LogP contribution >= 0.6 is 0 Å². The average Bonchev–Trinajstić information content (AvgIpc) is 2.56. The highest BCUT2D eigenvalue weighted by molar-refractivity contribution is 5.89. The Labute approximate surface area is 138 Å². The van der Waals surface area contributed by atoms with Gasteiger partial charge in [-0.2, -0.15) is 0 Å². The molecule has 128 valence electrons. The van der Waals surface area contributed by atoms with Gasteiger partial charge in [0.25, 0.3) is 0 Å². The van der Waals surface area contributed by atoms with Crippen molar-refractivity contribution in [2.45, 2.75) is 51.3 Å². The number of methoxy groups -OCH3 is 1. The number of hydrogen-bond donors (Lipinski definition) is 2. The molecule has 0 amide bonds. The zero-order valence-electron chi connectivity index (χ0n) is 14.2. The highest BCUT2D eigenvalue weighted by Gasteiger charge is 2.30. The van der Waals surface area contributed by atoms with Crippen LogP contribution in [0.3, 0.4) is 0 Å². The van der Waals surface area contributed by atoms with E-state index >= 15 is 0 Å². The molecule has 2 rings (SSSR count). The minimum Gasteiger partial charge on any atom is -0.491 e. The van der Waals surface area contributed by atoms with E-state index in [1.165, 1.54) is 31.3 Å². The molecule has 1 aliphatic rings. The lowest BCUT2D eigenvalue weighted by Gasteiger charge is -2.36. The zero-order chi connectivity index (χ0) is 16.8. The Morgan fingerprint density at radius 1 is 1.26 bits per heavy atom. The first-order valence-corrected chi connectivity index (χ1v) is 8.36. The molecule has 0 saturated carbocycles. The van der Waals surface area contributed by atoms with Crippen molar-refractivity contribution < 1.29 is 24.3 Å². The number of aliphatic hydroxyl groups excluding tert-OH is 1. The van der Waals surface area contributed by atoms with Gasteiger partial charge in [-0.05, 0) is 57.4 Å². The summed E-state index contributed by atoms with van der Waals surface area (Å²) in [7, 11) is 1.36. The largest absolute Gasteiger partial charge is 0.491 e. The Bertz CT molecular complexity index is 492. The molecule has 1 aliphatic heterocycles. The van der Waals surface area contributed by atoms with Crippen molar-refractivity contribution in [2.24, 2.45) is 0 Å². The second-order valence-electron chi connectivity index (χ2n) is 6.49. The second kappa shape index (κ2) is 8.31. The zero-order valence-corrected chi connectivity index (χ0v) is 14.2. The molecule has 3 atom stereocenters. The second-order valence-corrected chi connectivity index (χ2v) is 6.49. The first kappa shape index (κ1) is 17.8. The third kappa shape index (κ3) is 4.94. The maximum Gasteiger partial charge on any atom is 0.337 e. The molecule has 23 heavy (non-hydrogen) atoms. The van der Waals surface area contributed by atoms with Crippen LogP contribution in [-0.4, -0.2) is 49.5 Å². The van der Waals surface area contributed by atoms with Crippen LogP contribution in [0.15, 0.2) is 24.3 Å². The van der Waals surface area contributed by atoms with E-state index in [1.54, 1.807) is 24.3 Å². The molecule has 1 aromatic rings. The van der Waals surface area contributed by atoms with E-state index in [0.717, 1.165) is 0 Å². The molecule has 0 aliphatic carbocycles. The smallest absolute Gasteiger partial charge is 0.337 e. The van der Waals surface area contributed by atoms with Crippen LogP contribution in [-0.2, 0) is 4.74 Å². The third-order valence-corrected chi connectivity index (χ3v) is 4.73. The summed E-state index contributed by atoms with van der Waals surface area (Å²) in [6.45, 7) is 5.48. The lowest BCUT2D eigenvalue weighted by atomic mass is 9.97. The Balaban J connectivity index is 1.81. The van der Waals surface area contributed by atoms with E-state index in [-0.39, 0.29) is 12.6 Å². The van der Waals surface area contributed by atoms with Crippen molar-refractivity contribution in [1.82, 2.24) is 0 Å². The highest BCUT2D eigenvalue weighted by atomic mass is 16.5. The van der Waals surface area contributed by atoms with Crippen molar-refractivity contribution in [3.05, 3.63) is 29.8 Å². The topological polar surface area (TPSA) is 60.2 Å². The first-order valence-electron chi connectivity index (χ1n) is 8.36. The molecule has 0 aromatic heterocycles. The number of esters is 1. The maximum absolute atomic E-state index is 11.4. The minimum atomic E-state index is -0.492. The number of piperidine rings is 1. The summed E-state index contributed by atoms with van der Waals surface area (Å²) in [5.41, 5.74) is 0.487. The van der Waals surface area contributed by atoms with Crippen molar-refractivity contribution in [3.63, 3.8) is 0 Å². The standard InChI is InChI=1S/C18H27NO4/c1-13-5-4-6-14(2)19(13)11-16(20)12-23-17-9-7-15(8-10-17)18(21)22-3/h7-10,13-14,16,20H,4-6,11-12H2,1-3H3/p+1/t13-,14-,16-/m0/s1. The lowest BCUT2D eigenvalue weighted by molar-refractivity contribution is -0.954. The summed E-state index contributed by atoms with van der Waals surface area (Å²) in [5, 5.41) is 10.3. The molecule has 0 spiro atoms. The Morgan fingerprint density at radius 2 is 1.87 bits per heavy atom. The molecule has 0 bridgehead atoms. The summed E-state index contributed by atoms with van der Waals surface area (Å²) in [5.74, 6) is 0.278. The molecule has 0 unspecified atom stereocenters. The molecule has 0 radical (unpaired) electrons. The summed E-state index contributed by atoms with van der Waals surface area (Å²) >= 11 is 0. The van der Waals surface area contributed by atoms with E-state index in [1.807, 2.05) is 0 Å². The van der Waals surface area contributed by atoms with Gasteiger partial charge in [0, 0.05) is 0 Å². The van der Waals surface area contributed by atoms with Crippen molar-refractivity contribution >= 4 is 5.97 Å². The Hall–Kier alpha value is -1.59. The summed E-state index contributed by atoms with van der Waals surface area (Å²) in [6, 6.07) is 7.94. The van der Waals surface area contributed by atoms with Crippen LogP contribution in [0.5, 0.6) is 5.75 Å². The number of benzene rings is 1. The number of likely N-dealkylation sites (tertiary alicyclic amines) is 1. The van der Waals surface area contributed by atoms with Crippen LogP contribution in [0.25, 0.3) is 0 Å². The van der Waals surface area contributed by atoms with E-state index in [2.05, 4.69) is 18.6 Å². The molecule has 2 N–H and O–H groups in total. The normalized spacial score (nSPS) is 23.3. The number of carbonyl (C=O) groups excluding carboxylic acids is 1. The van der Waals surface area contributed by atoms with Crippen LogP contribution < -0.4 is 9.64 Å². The minimum absolute atomic E-state index is 0.264. The van der Waals surface area contributed by atoms with Gasteiger partial charge in [-0.3, -0.25) is 0 Å². The fourth-order valence-electron chi connectivity index (χ4n) is 3.32. The Morgan fingerprint density at radius 3 is 2.43 bits per heavy atom. The summed E-state index contributed by atoms with van der Waals surface area (Å²) in [6.07, 6.45) is 3.24. The van der Waals surface area contributed by atoms with E-state index < -0.39 is 6.10 Å². The third-order valence-electron chi connectivity index (χ3n) is 4.73. The number of hydrogen-bond acceptors (Lipinski definition) is 4. The first-order chi connectivity index (χ1) is 11.0. The van der Waals surface area contributed by atoms with Gasteiger partial charge in [0.05, 0.1) is 24.8 Å². The van der Waals surface area contributed by atoms with Crippen LogP contribution in [0.4, 0.5) is 0 Å². The number of ether oxygens (including phenoxy) is 2. The molecule has 1 saturated heterocycles. The average molecular weight is 322 g/mol. The fraction of sp³-hybridized carbons (Fsp3) is 0.611. The van der Waals surface area contributed by atoms with Crippen molar-refractivity contribution in [2.75, 3.05) is 20.3 Å². The van der Waals surface area contributed by atoms with E-state index in [4.69, 9.17) is 4.74 Å². The molecular formula is C18H28NO4+. The predicted molar refractivity (Wildman–Crippen MR) is 87.9 cm³/mol. The fourth-order valence-corrected chi connectivity index (χ4v) is 3.32. The van der Waals surface area contributed by atoms with Gasteiger partial charge < -0.3 is 19.5 Å². The van der Waals surface area contributed by atoms with Gasteiger partial charge in [-0.1, -0.05) is 0 Å². The maximum atomic E-state index is 11.4. The van der Waals surface area contributed by atoms with Gasteiger partial charge in [-0.25, -0.2) is 4.79 Å². The molecule has 5 nitrogen and oxygen atoms in total. The summed E-state index contributed by atoms with van der Waals surface area (Å²) in [4.78, 5) is 12.8. The molecule has 5 heteroatoms. The van der Waals surface area contributed by atoms with Gasteiger partial charge in [-0.15, -0.1) is 0 Å². The highest BCUT2D eigenvalue weighted by Crippen LogP contribution is 2.13. The van der Waals surface area contributed by atoms with Crippen LogP contribution in [0.1, 0.15) is 43.5 Å². The van der Waals surface area contributed by atoms with Crippen LogP contribution in [0.2, 0.25) is 0 Å². The number of rotatable bonds is 6. The van der Waals surface area contributed by atoms with Gasteiger partial charge in [0.1, 0.15) is 25.0 Å². The Kier molecular flexibility index (Phi) is 6.42. The number of carbonyl (C=O) groups is 1. The van der Waals surface area contributed by atoms with Crippen molar-refractivity contribution in [3.8, 4) is 5.75 Å². The SMILES string of the molecule is COC(=O)c1ccc(OC[C@@H](O)C[NH+]2[C@@H](C)CCC[C@@H]2C)cc1. The van der Waals surface area contributed by atoms with Gasteiger partial charge in [0.15, 0.2) is 0 Å². The molecule has 1 aromatic carbocycles. The van der Waals surface area contributed by atoms with Gasteiger partial charge >= 0.3 is 5.97 Å². The van der Waals surface area contributed by atoms with Crippen LogP contribution in [0, 0.1) is 0 Å². The van der Waals surface area contributed by atoms with E-state index in [9.17, 15) is 9.90 Å². The van der Waals surface area contributed by atoms with Crippen molar-refractivity contribution in [1.29, 1.82) is 0 Å². The monoisotopic (exact) mass is 322 g/mol. The predicted octanol–water partition coefficient (Wildman–Crippen LogP) is 1.06. The quantitative estimate of drug-likeness (QED) is 0.769. The number of nitrogens with one attached hydrogen (secondary N) is 1. The van der Waals surface area contributed by atoms with Gasteiger partial charge in [0.2, 0.25) is 0 Å². The number of aliphatic hydroxyl groups is 1. The number of quaternary nitrogens is 1. The van der Waals surface area contributed by atoms with E-state index in [0.29, 0.717) is 29.9 Å². The summed E-state index contributed by atoms with van der Waals surface area (Å²) < 4.78 is 10.3. The lowest BCUT2D eigenvalue weighted by Crippen LogP contribution is -3.20. The molecule has 1 fully saturated rings. The molecular weight excluding hydrogens is 294 g/mol.